The first-order valence-electron chi connectivity index (χ1n) is 8.22. The molecule has 2 heterocycles. The maximum Gasteiger partial charge on any atom is 0.312 e. The topological polar surface area (TPSA) is 78.6 Å². The Morgan fingerprint density at radius 2 is 2.27 bits per heavy atom. The fourth-order valence-corrected chi connectivity index (χ4v) is 3.62. The lowest BCUT2D eigenvalue weighted by Crippen LogP contribution is -2.54. The van der Waals surface area contributed by atoms with E-state index in [1.165, 1.54) is 12.8 Å². The van der Waals surface area contributed by atoms with E-state index in [4.69, 9.17) is 0 Å². The van der Waals surface area contributed by atoms with Gasteiger partial charge in [-0.2, -0.15) is 0 Å². The van der Waals surface area contributed by atoms with Crippen LogP contribution in [-0.4, -0.2) is 49.8 Å². The van der Waals surface area contributed by atoms with Crippen LogP contribution < -0.4 is 0 Å². The fourth-order valence-electron chi connectivity index (χ4n) is 3.62. The zero-order chi connectivity index (χ0) is 15.7. The van der Waals surface area contributed by atoms with E-state index in [-0.39, 0.29) is 0 Å². The number of imidazole rings is 1. The molecular formula is C16H25N3O3. The molecule has 0 radical (unpaired) electrons. The van der Waals surface area contributed by atoms with Crippen LogP contribution in [0.25, 0.3) is 0 Å². The van der Waals surface area contributed by atoms with Gasteiger partial charge in [-0.1, -0.05) is 13.3 Å². The molecule has 1 aromatic rings. The molecule has 122 valence electrons. The molecule has 0 unspecified atom stereocenters. The molecule has 1 aliphatic carbocycles. The van der Waals surface area contributed by atoms with Crippen LogP contribution in [0, 0.1) is 5.41 Å². The molecule has 2 N–H and O–H groups in total. The van der Waals surface area contributed by atoms with E-state index in [0.29, 0.717) is 38.5 Å². The highest BCUT2D eigenvalue weighted by Gasteiger charge is 2.47. The molecule has 0 aromatic carbocycles. The fraction of sp³-hybridized carbons (Fsp3) is 0.750. The molecule has 1 aliphatic heterocycles. The number of rotatable bonds is 6. The smallest absolute Gasteiger partial charge is 0.312 e. The van der Waals surface area contributed by atoms with Gasteiger partial charge in [-0.25, -0.2) is 4.98 Å². The Hall–Kier alpha value is -1.40. The molecule has 3 rings (SSSR count). The molecule has 2 aliphatic rings. The van der Waals surface area contributed by atoms with Gasteiger partial charge in [0.05, 0.1) is 18.1 Å². The van der Waals surface area contributed by atoms with Crippen LogP contribution in [0.1, 0.15) is 50.9 Å². The predicted molar refractivity (Wildman–Crippen MR) is 81.4 cm³/mol. The summed E-state index contributed by atoms with van der Waals surface area (Å²) in [6.45, 7) is 3.75. The van der Waals surface area contributed by atoms with E-state index in [1.807, 2.05) is 19.3 Å². The van der Waals surface area contributed by atoms with Gasteiger partial charge < -0.3 is 14.8 Å². The molecule has 22 heavy (non-hydrogen) atoms. The summed E-state index contributed by atoms with van der Waals surface area (Å²) in [5.41, 5.74) is -0.975. The van der Waals surface area contributed by atoms with Crippen molar-refractivity contribution in [2.75, 3.05) is 13.1 Å². The normalized spacial score (nSPS) is 29.6. The highest BCUT2D eigenvalue weighted by molar-refractivity contribution is 5.75. The number of nitrogens with zero attached hydrogens (tertiary/aromatic N) is 3. The minimum atomic E-state index is -0.975. The Morgan fingerprint density at radius 3 is 2.86 bits per heavy atom. The van der Waals surface area contributed by atoms with Crippen molar-refractivity contribution in [3.8, 4) is 0 Å². The number of aromatic nitrogens is 2. The summed E-state index contributed by atoms with van der Waals surface area (Å²) in [7, 11) is 0. The molecular weight excluding hydrogens is 282 g/mol. The third kappa shape index (κ3) is 2.77. The van der Waals surface area contributed by atoms with Crippen LogP contribution in [0.15, 0.2) is 12.4 Å². The third-order valence-electron chi connectivity index (χ3n) is 5.12. The summed E-state index contributed by atoms with van der Waals surface area (Å²) in [5.74, 6) is 0.161. The molecule has 2 fully saturated rings. The number of aliphatic hydroxyl groups is 1. The summed E-state index contributed by atoms with van der Waals surface area (Å²) < 4.78 is 2.22. The number of β-amino-alcohol motifs (C(OH)–C–C–N with tert-alkyl or cyclic N) is 1. The molecule has 2 atom stereocenters. The lowest BCUT2D eigenvalue weighted by atomic mass is 9.73. The average molecular weight is 307 g/mol. The number of carboxylic acids is 1. The van der Waals surface area contributed by atoms with Crippen LogP contribution in [-0.2, 0) is 11.3 Å². The zero-order valence-corrected chi connectivity index (χ0v) is 13.1. The first-order chi connectivity index (χ1) is 10.6. The van der Waals surface area contributed by atoms with Crippen LogP contribution in [0.5, 0.6) is 0 Å². The van der Waals surface area contributed by atoms with Crippen molar-refractivity contribution in [1.82, 2.24) is 14.5 Å². The zero-order valence-electron chi connectivity index (χ0n) is 13.1. The Morgan fingerprint density at radius 1 is 1.50 bits per heavy atom. The summed E-state index contributed by atoms with van der Waals surface area (Å²) in [6.07, 6.45) is 7.27. The Balaban J connectivity index is 1.66. The van der Waals surface area contributed by atoms with Crippen molar-refractivity contribution in [2.24, 2.45) is 5.41 Å². The van der Waals surface area contributed by atoms with Gasteiger partial charge in [-0.3, -0.25) is 9.69 Å². The number of hydrogen-bond acceptors (Lipinski definition) is 4. The van der Waals surface area contributed by atoms with Gasteiger partial charge in [-0.05, 0) is 32.2 Å². The molecule has 1 aromatic heterocycles. The number of hydrogen-bond donors (Lipinski definition) is 2. The van der Waals surface area contributed by atoms with Gasteiger partial charge in [0.2, 0.25) is 0 Å². The van der Waals surface area contributed by atoms with Crippen LogP contribution in [0.4, 0.5) is 0 Å². The second kappa shape index (κ2) is 6.01. The summed E-state index contributed by atoms with van der Waals surface area (Å²) >= 11 is 0. The second-order valence-electron chi connectivity index (χ2n) is 6.69. The Bertz CT molecular complexity index is 540. The number of likely N-dealkylation sites (tertiary alicyclic amines) is 1. The minimum Gasteiger partial charge on any atom is -0.481 e. The monoisotopic (exact) mass is 307 g/mol. The molecule has 0 amide bonds. The average Bonchev–Trinajstić information content (AvgIpc) is 3.22. The van der Waals surface area contributed by atoms with Gasteiger partial charge in [-0.15, -0.1) is 0 Å². The minimum absolute atomic E-state index is 0.407. The predicted octanol–water partition coefficient (Wildman–Crippen LogP) is 1.66. The van der Waals surface area contributed by atoms with E-state index in [9.17, 15) is 15.0 Å². The quantitative estimate of drug-likeness (QED) is 0.835. The van der Waals surface area contributed by atoms with Gasteiger partial charge in [0.25, 0.3) is 0 Å². The largest absolute Gasteiger partial charge is 0.481 e. The number of carboxylic acid groups (broad SMARTS) is 1. The summed E-state index contributed by atoms with van der Waals surface area (Å²) in [6, 6.07) is 0.588. The van der Waals surface area contributed by atoms with Crippen molar-refractivity contribution < 1.29 is 15.0 Å². The van der Waals surface area contributed by atoms with Gasteiger partial charge >= 0.3 is 5.97 Å². The first kappa shape index (κ1) is 15.5. The molecule has 0 bridgehead atoms. The van der Waals surface area contributed by atoms with Crippen molar-refractivity contribution >= 4 is 5.97 Å². The molecule has 1 saturated heterocycles. The van der Waals surface area contributed by atoms with Crippen LogP contribution >= 0.6 is 0 Å². The number of piperidine rings is 1. The van der Waals surface area contributed by atoms with Crippen molar-refractivity contribution in [3.63, 3.8) is 0 Å². The number of aliphatic carboxylic acids is 1. The molecule has 1 saturated carbocycles. The molecule has 0 spiro atoms. The van der Waals surface area contributed by atoms with Crippen LogP contribution in [0.2, 0.25) is 0 Å². The van der Waals surface area contributed by atoms with E-state index in [1.54, 1.807) is 0 Å². The number of carbonyl (C=O) groups is 1. The van der Waals surface area contributed by atoms with E-state index in [2.05, 4.69) is 14.5 Å². The van der Waals surface area contributed by atoms with E-state index < -0.39 is 17.5 Å². The van der Waals surface area contributed by atoms with Crippen molar-refractivity contribution in [2.45, 2.75) is 57.7 Å². The van der Waals surface area contributed by atoms with E-state index in [0.717, 1.165) is 12.2 Å². The third-order valence-corrected chi connectivity index (χ3v) is 5.12. The summed E-state index contributed by atoms with van der Waals surface area (Å²) in [5, 5.41) is 20.0. The van der Waals surface area contributed by atoms with Crippen molar-refractivity contribution in [3.05, 3.63) is 18.2 Å². The first-order valence-corrected chi connectivity index (χ1v) is 8.22. The van der Waals surface area contributed by atoms with Crippen LogP contribution in [0.3, 0.4) is 0 Å². The highest BCUT2D eigenvalue weighted by atomic mass is 16.4. The second-order valence-corrected chi connectivity index (χ2v) is 6.69. The lowest BCUT2D eigenvalue weighted by molar-refractivity contribution is -0.164. The molecule has 6 heteroatoms. The van der Waals surface area contributed by atoms with Crippen molar-refractivity contribution in [1.29, 1.82) is 0 Å². The standard InChI is InChI=1S/C16H25N3O3/c1-2-5-16(15(21)22)6-8-18(10-13(16)20)11-14-17-7-9-19(14)12-3-4-12/h7,9,12-13,20H,2-6,8,10-11H2,1H3,(H,21,22)/t13-,16+/m1/s1. The van der Waals surface area contributed by atoms with Gasteiger partial charge in [0.15, 0.2) is 0 Å². The Kier molecular flexibility index (Phi) is 4.23. The maximum atomic E-state index is 11.7. The van der Waals surface area contributed by atoms with Gasteiger partial charge in [0.1, 0.15) is 5.82 Å². The highest BCUT2D eigenvalue weighted by Crippen LogP contribution is 2.38. The van der Waals surface area contributed by atoms with Gasteiger partial charge in [0, 0.05) is 25.0 Å². The lowest BCUT2D eigenvalue weighted by Gasteiger charge is -2.42. The Labute approximate surface area is 130 Å². The molecule has 6 nitrogen and oxygen atoms in total. The van der Waals surface area contributed by atoms with E-state index >= 15 is 0 Å². The number of aliphatic hydroxyl groups excluding tert-OH is 1. The summed E-state index contributed by atoms with van der Waals surface area (Å²) in [4.78, 5) is 18.2. The SMILES string of the molecule is CCC[C@]1(C(=O)O)CCN(Cc2nccn2C2CC2)C[C@H]1O. The maximum absolute atomic E-state index is 11.7.